The van der Waals surface area contributed by atoms with E-state index in [0.717, 1.165) is 38.3 Å². The van der Waals surface area contributed by atoms with Crippen molar-refractivity contribution in [3.05, 3.63) is 138 Å². The van der Waals surface area contributed by atoms with Gasteiger partial charge >= 0.3 is 0 Å². The molecule has 0 amide bonds. The molecule has 4 aromatic carbocycles. The van der Waals surface area contributed by atoms with Crippen molar-refractivity contribution < 1.29 is 91.9 Å². The number of aromatic amines is 3. The van der Waals surface area contributed by atoms with Crippen molar-refractivity contribution in [3.8, 4) is 5.75 Å². The summed E-state index contributed by atoms with van der Waals surface area (Å²) in [7, 11) is 0. The Kier molecular flexibility index (Phi) is 42.3. The summed E-state index contributed by atoms with van der Waals surface area (Å²) in [4.78, 5) is 80.6. The number of fused-ring (bicyclic) bond motifs is 3. The van der Waals surface area contributed by atoms with E-state index in [1.807, 2.05) is 135 Å². The van der Waals surface area contributed by atoms with Crippen LogP contribution < -0.4 is 0 Å². The first-order valence-electron chi connectivity index (χ1n) is 46.0. The van der Waals surface area contributed by atoms with Gasteiger partial charge in [-0.3, -0.25) is 4.99 Å². The maximum atomic E-state index is 12.7. The van der Waals surface area contributed by atoms with Crippen LogP contribution in [0.1, 0.15) is 179 Å². The number of hydrogen-bond acceptors (Lipinski definition) is 18. The minimum absolute atomic E-state index is 0.0128. The van der Waals surface area contributed by atoms with Crippen molar-refractivity contribution in [3.63, 3.8) is 0 Å². The molecule has 0 aliphatic rings. The Balaban J connectivity index is 1.26. The lowest BCUT2D eigenvalue weighted by atomic mass is 10.00. The summed E-state index contributed by atoms with van der Waals surface area (Å²) in [5.41, 5.74) is 4.82. The number of phenols is 1. The summed E-state index contributed by atoms with van der Waals surface area (Å²) in [6, 6.07) is 10.3. The van der Waals surface area contributed by atoms with Gasteiger partial charge < -0.3 is 107 Å². The standard InChI is InChI=1S/C98H141N19O18/c1-19-58(16)84(104-50-119)95(132)103-49-80(121)105-59(17)85(122)107-72(38-51(2)3)88(125)106-60(18)86(123)115-82(56(12)13)97(134)117-83(57(14)15)98(135)116-81(55(10)11)96(133)114-79(45-64-48-102-71-31-25-22-28-68(64)71)94(131)110-73(39-52(4)5)89(126)111-76(42-61-32-34-65(120)35-33-61)92(129)108-75(41-54(8)9)91(128)113-78(44-63-47-101-70-30-24-21-27-67(63)70)93(130)109-74(40-53(6)7)90(127)112-77(87(124)99-36-37-118)43-62-46-100-69-29-23-20-26-66(62)69/h20-35,46-48,50-60,72-79,81-84,100-102,118,120H,19,36-45,49H2,1-18H3,(H,99,124)(H,103,132)(H,104,119)(H,105,121)(H,106,125)(H,107,122)(H,108,129)(H,109,130)(H,110,131)(H,111,126)(H,112,127)(H,113,128)(H,114,133)(H,115,123)(H,116,135)(H,117,134). The van der Waals surface area contributed by atoms with Crippen molar-refractivity contribution in [1.29, 1.82) is 0 Å². The van der Waals surface area contributed by atoms with Crippen LogP contribution in [0.2, 0.25) is 0 Å². The zero-order chi connectivity index (χ0) is 99.8. The summed E-state index contributed by atoms with van der Waals surface area (Å²) in [5, 5.41) is 210. The summed E-state index contributed by atoms with van der Waals surface area (Å²) in [6.07, 6.45) is 6.33. The predicted octanol–water partition coefficient (Wildman–Crippen LogP) is 17.4. The number of nitrogens with zero attached hydrogens (tertiary/aromatic N) is 16. The topological polar surface area (TPSA) is 609 Å². The van der Waals surface area contributed by atoms with Crippen LogP contribution in [0.3, 0.4) is 0 Å². The number of benzene rings is 4. The van der Waals surface area contributed by atoms with Crippen molar-refractivity contribution in [1.82, 2.24) is 15.0 Å². The average molecular weight is 1870 g/mol. The van der Waals surface area contributed by atoms with E-state index in [1.54, 1.807) is 79.2 Å². The Labute approximate surface area is 788 Å². The Bertz CT molecular complexity index is 5490. The van der Waals surface area contributed by atoms with Crippen LogP contribution in [0.5, 0.6) is 5.75 Å². The molecule has 0 saturated carbocycles. The molecule has 135 heavy (non-hydrogen) atoms. The maximum Gasteiger partial charge on any atom is 0.207 e. The fourth-order valence-corrected chi connectivity index (χ4v) is 14.9. The second-order valence-electron chi connectivity index (χ2n) is 36.8. The van der Waals surface area contributed by atoms with Crippen molar-refractivity contribution >= 4 is 128 Å². The van der Waals surface area contributed by atoms with Crippen LogP contribution in [-0.2, 0) is 25.7 Å². The molecule has 3 heterocycles. The molecule has 0 bridgehead atoms. The summed E-state index contributed by atoms with van der Waals surface area (Å²) in [6.45, 7) is 30.4. The monoisotopic (exact) mass is 1870 g/mol. The summed E-state index contributed by atoms with van der Waals surface area (Å²) < 4.78 is 0. The third kappa shape index (κ3) is 33.1. The molecule has 15 unspecified atom stereocenters. The molecule has 736 valence electrons. The van der Waals surface area contributed by atoms with Gasteiger partial charge in [0, 0.05) is 77.0 Å². The van der Waals surface area contributed by atoms with Gasteiger partial charge in [0.15, 0.2) is 6.40 Å². The van der Waals surface area contributed by atoms with Crippen LogP contribution in [0.4, 0.5) is 0 Å². The van der Waals surface area contributed by atoms with Crippen LogP contribution in [0, 0.1) is 47.3 Å². The van der Waals surface area contributed by atoms with E-state index in [2.05, 4.69) is 64.9 Å². The fraction of sp³-hybridized carbons (Fsp3) is 0.531. The zero-order valence-electron chi connectivity index (χ0n) is 80.4. The second-order valence-corrected chi connectivity index (χ2v) is 36.8. The summed E-state index contributed by atoms with van der Waals surface area (Å²) >= 11 is 0. The number of rotatable bonds is 53. The van der Waals surface area contributed by atoms with Crippen molar-refractivity contribution in [2.75, 3.05) is 19.7 Å². The Morgan fingerprint density at radius 1 is 0.319 bits per heavy atom. The Morgan fingerprint density at radius 2 is 0.622 bits per heavy atom. The smallest absolute Gasteiger partial charge is 0.207 e. The molecule has 7 aromatic rings. The molecule has 0 fully saturated rings. The molecular weight excluding hydrogens is 1730 g/mol. The van der Waals surface area contributed by atoms with Crippen LogP contribution in [0.25, 0.3) is 32.7 Å². The first-order valence-corrected chi connectivity index (χ1v) is 46.0. The van der Waals surface area contributed by atoms with Gasteiger partial charge in [-0.1, -0.05) is 184 Å². The van der Waals surface area contributed by atoms with Crippen molar-refractivity contribution in [2.24, 2.45) is 127 Å². The fourth-order valence-electron chi connectivity index (χ4n) is 14.9. The number of aliphatic hydroxyl groups is 17. The maximum absolute atomic E-state index is 12.7. The van der Waals surface area contributed by atoms with Gasteiger partial charge in [-0.25, -0.2) is 74.9 Å². The van der Waals surface area contributed by atoms with Gasteiger partial charge in [0.1, 0.15) is 96.9 Å². The lowest BCUT2D eigenvalue weighted by Gasteiger charge is -2.23. The van der Waals surface area contributed by atoms with E-state index in [4.69, 9.17) is 30.0 Å². The van der Waals surface area contributed by atoms with E-state index in [1.165, 1.54) is 26.0 Å². The predicted molar refractivity (Wildman–Crippen MR) is 543 cm³/mol. The highest BCUT2D eigenvalue weighted by atomic mass is 16.3. The van der Waals surface area contributed by atoms with E-state index >= 15 is 0 Å². The first kappa shape index (κ1) is 109. The lowest BCUT2D eigenvalue weighted by molar-refractivity contribution is 0.305. The number of aromatic nitrogens is 3. The largest absolute Gasteiger partial charge is 0.508 e. The van der Waals surface area contributed by atoms with Crippen LogP contribution >= 0.6 is 0 Å². The van der Waals surface area contributed by atoms with E-state index in [0.29, 0.717) is 29.5 Å². The SMILES string of the molecule is CCC(C)C(N=CO)C(O)=NCC(O)=NC(C)C(O)=NC(CC(C)C)C(O)=NC(C)C(O)=NC(C(O)=NC(C(O)=NC(C(O)=NC(Cc1c[nH]c2ccccc12)C(O)=NC(CC(C)C)C(O)=NC(Cc1ccc(O)cc1)C(O)=NC(CC(C)C)C(O)=NC(Cc1c[nH]c2ccccc12)C(O)=NC(CC(C)C)C(O)=NC(Cc1c[nH]c2ccccc12)C(O)=NCCO)C(C)C)C(C)C)C(C)C. The number of aliphatic imine (C=N–C) groups is 16. The molecule has 0 aliphatic heterocycles. The molecule has 15 atom stereocenters. The van der Waals surface area contributed by atoms with Crippen LogP contribution in [0.15, 0.2) is 196 Å². The van der Waals surface area contributed by atoms with E-state index in [9.17, 15) is 91.9 Å². The molecule has 0 aliphatic carbocycles. The lowest BCUT2D eigenvalue weighted by Crippen LogP contribution is -2.35. The molecule has 3 aromatic heterocycles. The normalized spacial score (nSPS) is 17.9. The van der Waals surface area contributed by atoms with E-state index in [-0.39, 0.29) is 99.9 Å². The molecule has 21 N–H and O–H groups in total. The molecule has 7 rings (SSSR count). The highest BCUT2D eigenvalue weighted by molar-refractivity contribution is 5.98. The van der Waals surface area contributed by atoms with Gasteiger partial charge in [0.2, 0.25) is 88.5 Å². The Morgan fingerprint density at radius 3 is 0.978 bits per heavy atom. The molecular formula is C98H141N19O18. The van der Waals surface area contributed by atoms with Gasteiger partial charge in [-0.2, -0.15) is 0 Å². The van der Waals surface area contributed by atoms with Gasteiger partial charge in [0.05, 0.1) is 13.2 Å². The first-order chi connectivity index (χ1) is 63.9. The number of nitrogens with one attached hydrogen (secondary N) is 3. The number of para-hydroxylation sites is 3. The molecule has 0 saturated heterocycles. The number of aliphatic hydroxyl groups excluding tert-OH is 17. The van der Waals surface area contributed by atoms with Gasteiger partial charge in [-0.15, -0.1) is 0 Å². The van der Waals surface area contributed by atoms with Crippen LogP contribution in [-0.4, -0.2) is 306 Å². The number of phenolic OH excluding ortho intramolecular Hbond substituents is 1. The van der Waals surface area contributed by atoms with Gasteiger partial charge in [0.25, 0.3) is 0 Å². The van der Waals surface area contributed by atoms with Crippen molar-refractivity contribution in [2.45, 2.75) is 267 Å². The number of hydrogen-bond donors (Lipinski definition) is 21. The van der Waals surface area contributed by atoms with Gasteiger partial charge in [-0.05, 0) is 139 Å². The number of H-pyrrole nitrogens is 3. The molecule has 0 radical (unpaired) electrons. The third-order valence-corrected chi connectivity index (χ3v) is 22.4. The average Bonchev–Trinajstić information content (AvgIpc) is 1.71. The molecule has 37 nitrogen and oxygen atoms in total. The Hall–Kier alpha value is -13.2. The van der Waals surface area contributed by atoms with E-state index < -0.39 is 197 Å². The summed E-state index contributed by atoms with van der Waals surface area (Å²) in [5.74, 6) is -12.2. The third-order valence-electron chi connectivity index (χ3n) is 22.4. The minimum Gasteiger partial charge on any atom is -0.508 e. The quantitative estimate of drug-likeness (QED) is 0.0124. The molecule has 37 heteroatoms. The zero-order valence-corrected chi connectivity index (χ0v) is 80.4. The highest BCUT2D eigenvalue weighted by Crippen LogP contribution is 2.29. The number of aromatic hydroxyl groups is 1. The molecule has 0 spiro atoms. The highest BCUT2D eigenvalue weighted by Gasteiger charge is 2.35. The minimum atomic E-state index is -1.49. The second kappa shape index (κ2) is 52.4.